The normalized spacial score (nSPS) is 12.4. The predicted octanol–water partition coefficient (Wildman–Crippen LogP) is 5.36. The second kappa shape index (κ2) is 8.95. The van der Waals surface area contributed by atoms with Gasteiger partial charge in [0.15, 0.2) is 11.6 Å². The molecule has 0 saturated heterocycles. The summed E-state index contributed by atoms with van der Waals surface area (Å²) in [5.74, 6) is 0.937. The van der Waals surface area contributed by atoms with Crippen LogP contribution in [0.2, 0.25) is 0 Å². The Labute approximate surface area is 190 Å². The standard InChI is InChI=1S/C27H31N3O2/c1-14-9-18(5)26(32)23(10-14)21(8)28-25-13-17(4)19(6)27(30-25)29-20(7)22-11-15(2)16(3)12-24(22)31/h9-13,31-32H,1-8H3/p-2. The quantitative estimate of drug-likeness (QED) is 0.525. The summed E-state index contributed by atoms with van der Waals surface area (Å²) in [6.45, 7) is 15.3. The molecule has 3 rings (SSSR count). The molecule has 0 fully saturated rings. The molecule has 5 nitrogen and oxygen atoms in total. The van der Waals surface area contributed by atoms with Crippen LogP contribution in [0.25, 0.3) is 0 Å². The Balaban J connectivity index is 2.08. The third-order valence-corrected chi connectivity index (χ3v) is 5.84. The van der Waals surface area contributed by atoms with E-state index in [9.17, 15) is 10.2 Å². The van der Waals surface area contributed by atoms with Crippen molar-refractivity contribution in [3.05, 3.63) is 74.8 Å². The van der Waals surface area contributed by atoms with E-state index in [0.29, 0.717) is 39.7 Å². The third kappa shape index (κ3) is 4.72. The summed E-state index contributed by atoms with van der Waals surface area (Å²) in [4.78, 5) is 13.9. The van der Waals surface area contributed by atoms with Crippen LogP contribution >= 0.6 is 0 Å². The Hall–Kier alpha value is -3.47. The molecule has 32 heavy (non-hydrogen) atoms. The van der Waals surface area contributed by atoms with Gasteiger partial charge in [-0.3, -0.25) is 0 Å². The SMILES string of the molecule is CC(=Nc1nc(N=C(C)c2cc(C)cc(C)c2[O-])cc(C)c1C)c1cc(C)c(C)cc1[O-]. The van der Waals surface area contributed by atoms with Crippen molar-refractivity contribution in [1.82, 2.24) is 4.98 Å². The van der Waals surface area contributed by atoms with Gasteiger partial charge in [0.2, 0.25) is 0 Å². The molecule has 0 aliphatic rings. The second-order valence-corrected chi connectivity index (χ2v) is 8.53. The van der Waals surface area contributed by atoms with Gasteiger partial charge < -0.3 is 10.2 Å². The van der Waals surface area contributed by atoms with E-state index in [0.717, 1.165) is 27.8 Å². The molecule has 3 aromatic rings. The van der Waals surface area contributed by atoms with Crippen LogP contribution in [-0.4, -0.2) is 16.4 Å². The molecule has 0 atom stereocenters. The molecule has 1 heterocycles. The number of nitrogens with zero attached hydrogens (tertiary/aromatic N) is 3. The molecule has 0 saturated carbocycles. The summed E-state index contributed by atoms with van der Waals surface area (Å²) in [6.07, 6.45) is 0. The average molecular weight is 428 g/mol. The second-order valence-electron chi connectivity index (χ2n) is 8.53. The van der Waals surface area contributed by atoms with E-state index in [1.54, 1.807) is 6.07 Å². The fraction of sp³-hybridized carbons (Fsp3) is 0.296. The lowest BCUT2D eigenvalue weighted by Gasteiger charge is -2.18. The van der Waals surface area contributed by atoms with Crippen LogP contribution in [0.1, 0.15) is 58.4 Å². The van der Waals surface area contributed by atoms with Gasteiger partial charge in [-0.05, 0) is 94.8 Å². The highest BCUT2D eigenvalue weighted by Crippen LogP contribution is 2.28. The molecule has 0 bridgehead atoms. The van der Waals surface area contributed by atoms with Crippen molar-refractivity contribution < 1.29 is 10.2 Å². The van der Waals surface area contributed by atoms with Gasteiger partial charge in [-0.15, -0.1) is 0 Å². The van der Waals surface area contributed by atoms with Crippen molar-refractivity contribution in [2.24, 2.45) is 9.98 Å². The van der Waals surface area contributed by atoms with Crippen LogP contribution in [0.5, 0.6) is 11.5 Å². The third-order valence-electron chi connectivity index (χ3n) is 5.84. The monoisotopic (exact) mass is 427 g/mol. The molecule has 2 aromatic carbocycles. The van der Waals surface area contributed by atoms with Crippen molar-refractivity contribution in [3.8, 4) is 11.5 Å². The van der Waals surface area contributed by atoms with Crippen LogP contribution < -0.4 is 10.2 Å². The number of aromatic nitrogens is 1. The number of aliphatic imine (C=N–C) groups is 2. The molecule has 0 aliphatic carbocycles. The van der Waals surface area contributed by atoms with E-state index >= 15 is 0 Å². The fourth-order valence-corrected chi connectivity index (χ4v) is 3.62. The predicted molar refractivity (Wildman–Crippen MR) is 128 cm³/mol. The molecule has 166 valence electrons. The first-order valence-corrected chi connectivity index (χ1v) is 10.6. The van der Waals surface area contributed by atoms with Crippen LogP contribution in [0.15, 0.2) is 40.3 Å². The minimum Gasteiger partial charge on any atom is -0.872 e. The highest BCUT2D eigenvalue weighted by atomic mass is 16.3. The Kier molecular flexibility index (Phi) is 6.49. The molecule has 5 heteroatoms. The topological polar surface area (TPSA) is 83.7 Å². The Morgan fingerprint density at radius 2 is 1.31 bits per heavy atom. The Morgan fingerprint density at radius 3 is 2.00 bits per heavy atom. The van der Waals surface area contributed by atoms with E-state index in [2.05, 4.69) is 15.0 Å². The zero-order chi connectivity index (χ0) is 23.7. The number of aryl methyl sites for hydroxylation is 5. The molecule has 0 amide bonds. The zero-order valence-electron chi connectivity index (χ0n) is 20.0. The van der Waals surface area contributed by atoms with Crippen molar-refractivity contribution in [1.29, 1.82) is 0 Å². The van der Waals surface area contributed by atoms with Gasteiger partial charge in [-0.2, -0.15) is 0 Å². The van der Waals surface area contributed by atoms with E-state index in [1.807, 2.05) is 79.7 Å². The van der Waals surface area contributed by atoms with Gasteiger partial charge >= 0.3 is 0 Å². The summed E-state index contributed by atoms with van der Waals surface area (Å²) in [5, 5.41) is 25.1. The van der Waals surface area contributed by atoms with Gasteiger partial charge in [0.05, 0.1) is 0 Å². The summed E-state index contributed by atoms with van der Waals surface area (Å²) < 4.78 is 0. The van der Waals surface area contributed by atoms with E-state index in [-0.39, 0.29) is 11.5 Å². The number of rotatable bonds is 4. The molecule has 0 aliphatic heterocycles. The van der Waals surface area contributed by atoms with Crippen molar-refractivity contribution >= 4 is 23.1 Å². The van der Waals surface area contributed by atoms with Gasteiger partial charge in [0.1, 0.15) is 0 Å². The lowest BCUT2D eigenvalue weighted by Crippen LogP contribution is -2.05. The maximum Gasteiger partial charge on any atom is 0.157 e. The zero-order valence-corrected chi connectivity index (χ0v) is 20.0. The lowest BCUT2D eigenvalue weighted by molar-refractivity contribution is -0.269. The molecule has 0 spiro atoms. The Morgan fingerprint density at radius 1 is 0.688 bits per heavy atom. The molecular weight excluding hydrogens is 398 g/mol. The van der Waals surface area contributed by atoms with Gasteiger partial charge in [0.25, 0.3) is 0 Å². The van der Waals surface area contributed by atoms with E-state index in [1.165, 1.54) is 0 Å². The van der Waals surface area contributed by atoms with E-state index < -0.39 is 0 Å². The summed E-state index contributed by atoms with van der Waals surface area (Å²) in [6, 6.07) is 9.13. The van der Waals surface area contributed by atoms with Crippen molar-refractivity contribution in [2.45, 2.75) is 55.4 Å². The average Bonchev–Trinajstić information content (AvgIpc) is 2.70. The number of hydrogen-bond acceptors (Lipinski definition) is 5. The summed E-state index contributed by atoms with van der Waals surface area (Å²) >= 11 is 0. The van der Waals surface area contributed by atoms with Crippen LogP contribution in [0.3, 0.4) is 0 Å². The van der Waals surface area contributed by atoms with Gasteiger partial charge in [0, 0.05) is 11.4 Å². The van der Waals surface area contributed by atoms with Gasteiger partial charge in [-0.1, -0.05) is 46.9 Å². The van der Waals surface area contributed by atoms with Crippen molar-refractivity contribution in [3.63, 3.8) is 0 Å². The van der Waals surface area contributed by atoms with E-state index in [4.69, 9.17) is 0 Å². The maximum absolute atomic E-state index is 12.6. The number of benzene rings is 2. The van der Waals surface area contributed by atoms with Crippen LogP contribution in [0.4, 0.5) is 11.6 Å². The molecule has 0 unspecified atom stereocenters. The minimum atomic E-state index is -0.0495. The highest BCUT2D eigenvalue weighted by Gasteiger charge is 2.10. The summed E-state index contributed by atoms with van der Waals surface area (Å²) in [7, 11) is 0. The fourth-order valence-electron chi connectivity index (χ4n) is 3.62. The number of hydrogen-bond donors (Lipinski definition) is 0. The minimum absolute atomic E-state index is 0.0208. The first kappa shape index (κ1) is 23.2. The first-order valence-electron chi connectivity index (χ1n) is 10.6. The number of pyridine rings is 1. The smallest absolute Gasteiger partial charge is 0.157 e. The maximum atomic E-state index is 12.6. The van der Waals surface area contributed by atoms with Crippen molar-refractivity contribution in [2.75, 3.05) is 0 Å². The Bertz CT molecular complexity index is 1270. The lowest BCUT2D eigenvalue weighted by atomic mass is 10.0. The molecule has 1 aromatic heterocycles. The first-order chi connectivity index (χ1) is 15.0. The van der Waals surface area contributed by atoms with Gasteiger partial charge in [-0.25, -0.2) is 15.0 Å². The molecular formula is C27H29N3O2-2. The highest BCUT2D eigenvalue weighted by molar-refractivity contribution is 6.03. The van der Waals surface area contributed by atoms with Crippen LogP contribution in [0, 0.1) is 41.5 Å². The largest absolute Gasteiger partial charge is 0.872 e. The molecule has 0 radical (unpaired) electrons. The molecule has 0 N–H and O–H groups in total. The summed E-state index contributed by atoms with van der Waals surface area (Å²) in [5.41, 5.74) is 8.02. The van der Waals surface area contributed by atoms with Crippen LogP contribution in [-0.2, 0) is 0 Å².